The molecule has 132 valence electrons. The van der Waals surface area contributed by atoms with E-state index in [-0.39, 0.29) is 18.4 Å². The van der Waals surface area contributed by atoms with E-state index in [0.29, 0.717) is 17.1 Å². The average Bonchev–Trinajstić information content (AvgIpc) is 3.11. The Kier molecular flexibility index (Phi) is 5.07. The first-order valence-electron chi connectivity index (χ1n) is 7.96. The van der Waals surface area contributed by atoms with Gasteiger partial charge in [0.25, 0.3) is 5.89 Å². The molecule has 0 saturated heterocycles. The Bertz CT molecular complexity index is 935. The second-order valence-electron chi connectivity index (χ2n) is 5.65. The van der Waals surface area contributed by atoms with Crippen LogP contribution in [0.3, 0.4) is 0 Å². The Labute approximate surface area is 150 Å². The van der Waals surface area contributed by atoms with Crippen LogP contribution in [0.1, 0.15) is 28.7 Å². The zero-order valence-electron chi connectivity index (χ0n) is 14.4. The lowest BCUT2D eigenvalue weighted by Gasteiger charge is -2.08. The number of ether oxygens (including phenoxy) is 1. The third-order valence-corrected chi connectivity index (χ3v) is 3.60. The van der Waals surface area contributed by atoms with E-state index in [4.69, 9.17) is 9.15 Å². The van der Waals surface area contributed by atoms with Crippen molar-refractivity contribution in [3.8, 4) is 11.5 Å². The molecule has 26 heavy (non-hydrogen) atoms. The highest BCUT2D eigenvalue weighted by Crippen LogP contribution is 2.19. The van der Waals surface area contributed by atoms with Crippen LogP contribution in [0.15, 0.2) is 52.9 Å². The van der Waals surface area contributed by atoms with Crippen LogP contribution in [0.2, 0.25) is 0 Å². The molecule has 3 aromatic rings. The summed E-state index contributed by atoms with van der Waals surface area (Å²) in [5, 5.41) is 10.5. The number of hydrogen-bond donors (Lipinski definition) is 1. The van der Waals surface area contributed by atoms with Gasteiger partial charge in [0.1, 0.15) is 0 Å². The molecule has 2 aromatic carbocycles. The minimum absolute atomic E-state index is 0.137. The monoisotopic (exact) mass is 351 g/mol. The molecule has 7 nitrogen and oxygen atoms in total. The van der Waals surface area contributed by atoms with E-state index in [0.717, 1.165) is 11.1 Å². The van der Waals surface area contributed by atoms with E-state index in [1.165, 1.54) is 6.92 Å². The number of aryl methyl sites for hydroxylation is 1. The highest BCUT2D eigenvalue weighted by Gasteiger charge is 2.13. The fraction of sp³-hybridized carbons (Fsp3) is 0.158. The number of rotatable bonds is 5. The Morgan fingerprint density at radius 3 is 2.62 bits per heavy atom. The highest BCUT2D eigenvalue weighted by atomic mass is 16.5. The van der Waals surface area contributed by atoms with Crippen molar-refractivity contribution >= 4 is 17.6 Å². The lowest BCUT2D eigenvalue weighted by Crippen LogP contribution is -2.10. The van der Waals surface area contributed by atoms with Gasteiger partial charge in [-0.2, -0.15) is 0 Å². The molecule has 1 heterocycles. The molecule has 7 heteroatoms. The predicted molar refractivity (Wildman–Crippen MR) is 94.3 cm³/mol. The molecule has 0 aliphatic heterocycles. The van der Waals surface area contributed by atoms with Gasteiger partial charge in [0.05, 0.1) is 5.56 Å². The number of carbonyl (C=O) groups excluding carboxylic acids is 2. The molecule has 0 atom stereocenters. The van der Waals surface area contributed by atoms with Crippen LogP contribution in [0, 0.1) is 6.92 Å². The molecular formula is C19H17N3O4. The van der Waals surface area contributed by atoms with Crippen molar-refractivity contribution in [1.82, 2.24) is 10.2 Å². The Balaban J connectivity index is 1.66. The van der Waals surface area contributed by atoms with Crippen LogP contribution in [-0.2, 0) is 16.1 Å². The Morgan fingerprint density at radius 2 is 1.88 bits per heavy atom. The third-order valence-electron chi connectivity index (χ3n) is 3.60. The molecule has 0 aliphatic carbocycles. The van der Waals surface area contributed by atoms with Crippen LogP contribution < -0.4 is 5.32 Å². The first-order valence-corrected chi connectivity index (χ1v) is 7.96. The van der Waals surface area contributed by atoms with Crippen molar-refractivity contribution in [2.24, 2.45) is 0 Å². The summed E-state index contributed by atoms with van der Waals surface area (Å²) in [5.41, 5.74) is 2.52. The van der Waals surface area contributed by atoms with Crippen LogP contribution >= 0.6 is 0 Å². The largest absolute Gasteiger partial charge is 0.452 e. The average molecular weight is 351 g/mol. The fourth-order valence-corrected chi connectivity index (χ4v) is 2.29. The van der Waals surface area contributed by atoms with Crippen LogP contribution in [0.4, 0.5) is 5.69 Å². The maximum absolute atomic E-state index is 12.2. The summed E-state index contributed by atoms with van der Waals surface area (Å²) in [6.45, 7) is 3.11. The maximum Gasteiger partial charge on any atom is 0.338 e. The van der Waals surface area contributed by atoms with Gasteiger partial charge in [-0.1, -0.05) is 24.3 Å². The highest BCUT2D eigenvalue weighted by molar-refractivity contribution is 5.94. The molecule has 3 rings (SSSR count). The summed E-state index contributed by atoms with van der Waals surface area (Å²) >= 11 is 0. The van der Waals surface area contributed by atoms with E-state index in [1.807, 2.05) is 37.3 Å². The summed E-state index contributed by atoms with van der Waals surface area (Å²) in [4.78, 5) is 23.4. The maximum atomic E-state index is 12.2. The van der Waals surface area contributed by atoms with E-state index in [2.05, 4.69) is 15.5 Å². The van der Waals surface area contributed by atoms with Crippen molar-refractivity contribution in [3.63, 3.8) is 0 Å². The molecule has 0 aliphatic rings. The number of anilines is 1. The molecule has 1 aromatic heterocycles. The summed E-state index contributed by atoms with van der Waals surface area (Å²) < 4.78 is 10.7. The van der Waals surface area contributed by atoms with Gasteiger partial charge in [-0.05, 0) is 36.8 Å². The van der Waals surface area contributed by atoms with Crippen molar-refractivity contribution < 1.29 is 18.7 Å². The topological polar surface area (TPSA) is 94.3 Å². The number of carbonyl (C=O) groups is 2. The quantitative estimate of drug-likeness (QED) is 0.708. The van der Waals surface area contributed by atoms with Crippen LogP contribution in [0.25, 0.3) is 11.5 Å². The zero-order chi connectivity index (χ0) is 18.5. The minimum Gasteiger partial charge on any atom is -0.452 e. The first-order chi connectivity index (χ1) is 12.5. The summed E-state index contributed by atoms with van der Waals surface area (Å²) in [7, 11) is 0. The molecule has 0 saturated carbocycles. The normalized spacial score (nSPS) is 10.4. The summed E-state index contributed by atoms with van der Waals surface area (Å²) in [6, 6.07) is 14.3. The number of hydrogen-bond acceptors (Lipinski definition) is 6. The molecule has 0 spiro atoms. The van der Waals surface area contributed by atoms with Gasteiger partial charge < -0.3 is 14.5 Å². The second kappa shape index (κ2) is 7.60. The molecule has 0 unspecified atom stereocenters. The van der Waals surface area contributed by atoms with Gasteiger partial charge in [-0.3, -0.25) is 4.79 Å². The van der Waals surface area contributed by atoms with E-state index in [1.54, 1.807) is 18.2 Å². The van der Waals surface area contributed by atoms with Gasteiger partial charge in [0.15, 0.2) is 6.61 Å². The molecule has 0 bridgehead atoms. The number of nitrogens with one attached hydrogen (secondary N) is 1. The number of aromatic nitrogens is 2. The van der Waals surface area contributed by atoms with Gasteiger partial charge in [0, 0.05) is 18.2 Å². The minimum atomic E-state index is -0.545. The number of nitrogens with zero attached hydrogens (tertiary/aromatic N) is 2. The zero-order valence-corrected chi connectivity index (χ0v) is 14.4. The molecule has 0 radical (unpaired) electrons. The number of esters is 1. The van der Waals surface area contributed by atoms with Gasteiger partial charge in [-0.15, -0.1) is 10.2 Å². The van der Waals surface area contributed by atoms with Crippen molar-refractivity contribution in [3.05, 3.63) is 65.5 Å². The lowest BCUT2D eigenvalue weighted by atomic mass is 10.1. The molecular weight excluding hydrogens is 334 g/mol. The third kappa shape index (κ3) is 4.13. The summed E-state index contributed by atoms with van der Waals surface area (Å²) in [6.07, 6.45) is 0. The molecule has 1 N–H and O–H groups in total. The molecule has 0 fully saturated rings. The second-order valence-corrected chi connectivity index (χ2v) is 5.65. The fourth-order valence-electron chi connectivity index (χ4n) is 2.29. The first kappa shape index (κ1) is 17.3. The number of amides is 1. The standard InChI is InChI=1S/C19H17N3O4/c1-12-8-9-15(10-16(12)20-13(2)23)19(24)25-11-17-21-22-18(26-17)14-6-4-3-5-7-14/h3-10H,11H2,1-2H3,(H,20,23). The Morgan fingerprint density at radius 1 is 1.12 bits per heavy atom. The Hall–Kier alpha value is -3.48. The van der Waals surface area contributed by atoms with Crippen LogP contribution in [-0.4, -0.2) is 22.1 Å². The van der Waals surface area contributed by atoms with Crippen molar-refractivity contribution in [1.29, 1.82) is 0 Å². The van der Waals surface area contributed by atoms with Gasteiger partial charge in [-0.25, -0.2) is 4.79 Å². The van der Waals surface area contributed by atoms with Gasteiger partial charge in [0.2, 0.25) is 11.8 Å². The van der Waals surface area contributed by atoms with Crippen molar-refractivity contribution in [2.45, 2.75) is 20.5 Å². The SMILES string of the molecule is CC(=O)Nc1cc(C(=O)OCc2nnc(-c3ccccc3)o2)ccc1C. The van der Waals surface area contributed by atoms with Gasteiger partial charge >= 0.3 is 5.97 Å². The summed E-state index contributed by atoms with van der Waals surface area (Å²) in [5.74, 6) is -0.194. The molecule has 1 amide bonds. The lowest BCUT2D eigenvalue weighted by molar-refractivity contribution is -0.114. The van der Waals surface area contributed by atoms with Crippen molar-refractivity contribution in [2.75, 3.05) is 5.32 Å². The number of benzene rings is 2. The van der Waals surface area contributed by atoms with E-state index in [9.17, 15) is 9.59 Å². The van der Waals surface area contributed by atoms with E-state index < -0.39 is 5.97 Å². The van der Waals surface area contributed by atoms with Crippen LogP contribution in [0.5, 0.6) is 0 Å². The van der Waals surface area contributed by atoms with E-state index >= 15 is 0 Å². The smallest absolute Gasteiger partial charge is 0.338 e. The predicted octanol–water partition coefficient (Wildman–Crippen LogP) is 3.36.